The van der Waals surface area contributed by atoms with Gasteiger partial charge in [0.25, 0.3) is 0 Å². The number of aromatic nitrogens is 3. The zero-order valence-corrected chi connectivity index (χ0v) is 13.6. The molecule has 7 heteroatoms. The molecular formula is C16H11Cl2N5. The summed E-state index contributed by atoms with van der Waals surface area (Å²) in [5.74, 6) is 0.752. The Labute approximate surface area is 142 Å². The third-order valence-corrected chi connectivity index (χ3v) is 3.86. The summed E-state index contributed by atoms with van der Waals surface area (Å²) in [5.41, 5.74) is 8.14. The summed E-state index contributed by atoms with van der Waals surface area (Å²) in [6.07, 6.45) is 0. The number of benzene rings is 1. The molecule has 0 bridgehead atoms. The van der Waals surface area contributed by atoms with Crippen LogP contribution in [0.25, 0.3) is 17.1 Å². The van der Waals surface area contributed by atoms with Gasteiger partial charge in [-0.25, -0.2) is 4.98 Å². The van der Waals surface area contributed by atoms with Crippen LogP contribution >= 0.6 is 23.2 Å². The summed E-state index contributed by atoms with van der Waals surface area (Å²) in [6.45, 7) is 1.87. The highest BCUT2D eigenvalue weighted by Gasteiger charge is 2.20. The van der Waals surface area contributed by atoms with Crippen molar-refractivity contribution in [1.82, 2.24) is 14.8 Å². The van der Waals surface area contributed by atoms with Crippen LogP contribution in [0.2, 0.25) is 10.0 Å². The SMILES string of the molecule is Cc1cccc(-n2nc(-c3ccc(Cl)cc3Cl)c(C#N)c2N)n1. The summed E-state index contributed by atoms with van der Waals surface area (Å²) in [6, 6.07) is 12.6. The van der Waals surface area contributed by atoms with Gasteiger partial charge in [0.15, 0.2) is 5.82 Å². The lowest BCUT2D eigenvalue weighted by molar-refractivity contribution is 0.854. The van der Waals surface area contributed by atoms with Crippen LogP contribution in [0.15, 0.2) is 36.4 Å². The molecule has 2 N–H and O–H groups in total. The first-order valence-electron chi connectivity index (χ1n) is 6.69. The fourth-order valence-electron chi connectivity index (χ4n) is 2.23. The van der Waals surface area contributed by atoms with Crippen LogP contribution in [-0.2, 0) is 0 Å². The second-order valence-electron chi connectivity index (χ2n) is 4.89. The third-order valence-electron chi connectivity index (χ3n) is 3.31. The summed E-state index contributed by atoms with van der Waals surface area (Å²) < 4.78 is 1.44. The Morgan fingerprint density at radius 3 is 2.65 bits per heavy atom. The number of nitrogen functional groups attached to an aromatic ring is 1. The van der Waals surface area contributed by atoms with Gasteiger partial charge in [-0.2, -0.15) is 15.0 Å². The van der Waals surface area contributed by atoms with E-state index in [2.05, 4.69) is 16.2 Å². The van der Waals surface area contributed by atoms with Crippen LogP contribution in [0.5, 0.6) is 0 Å². The second kappa shape index (κ2) is 5.92. The molecule has 0 saturated heterocycles. The molecule has 2 heterocycles. The number of pyridine rings is 1. The molecule has 0 unspecified atom stereocenters. The average molecular weight is 344 g/mol. The van der Waals surface area contributed by atoms with Crippen molar-refractivity contribution in [3.8, 4) is 23.1 Å². The van der Waals surface area contributed by atoms with E-state index < -0.39 is 0 Å². The largest absolute Gasteiger partial charge is 0.382 e. The lowest BCUT2D eigenvalue weighted by Crippen LogP contribution is -2.05. The molecule has 0 spiro atoms. The first kappa shape index (κ1) is 15.3. The van der Waals surface area contributed by atoms with E-state index in [1.165, 1.54) is 4.68 Å². The highest BCUT2D eigenvalue weighted by atomic mass is 35.5. The molecule has 5 nitrogen and oxygen atoms in total. The van der Waals surface area contributed by atoms with Crippen molar-refractivity contribution < 1.29 is 0 Å². The first-order valence-corrected chi connectivity index (χ1v) is 7.45. The van der Waals surface area contributed by atoms with Gasteiger partial charge in [-0.05, 0) is 37.3 Å². The molecule has 3 rings (SSSR count). The van der Waals surface area contributed by atoms with E-state index in [0.29, 0.717) is 27.1 Å². The van der Waals surface area contributed by atoms with Crippen LogP contribution in [0, 0.1) is 18.3 Å². The van der Waals surface area contributed by atoms with E-state index >= 15 is 0 Å². The van der Waals surface area contributed by atoms with E-state index in [1.54, 1.807) is 24.3 Å². The zero-order valence-electron chi connectivity index (χ0n) is 12.1. The van der Waals surface area contributed by atoms with Crippen molar-refractivity contribution in [3.63, 3.8) is 0 Å². The van der Waals surface area contributed by atoms with Crippen molar-refractivity contribution in [2.75, 3.05) is 5.73 Å². The Bertz CT molecular complexity index is 940. The highest BCUT2D eigenvalue weighted by Crippen LogP contribution is 2.34. The molecule has 3 aromatic rings. The average Bonchev–Trinajstić information content (AvgIpc) is 2.84. The smallest absolute Gasteiger partial charge is 0.156 e. The lowest BCUT2D eigenvalue weighted by Gasteiger charge is -2.03. The Morgan fingerprint density at radius 1 is 1.22 bits per heavy atom. The van der Waals surface area contributed by atoms with Crippen LogP contribution in [0.4, 0.5) is 5.82 Å². The summed E-state index contributed by atoms with van der Waals surface area (Å²) in [4.78, 5) is 4.38. The van der Waals surface area contributed by atoms with Crippen LogP contribution in [0.3, 0.4) is 0 Å². The molecule has 0 atom stereocenters. The minimum atomic E-state index is 0.214. The van der Waals surface area contributed by atoms with Gasteiger partial charge in [0.1, 0.15) is 23.1 Å². The number of nitrogens with zero attached hydrogens (tertiary/aromatic N) is 4. The highest BCUT2D eigenvalue weighted by molar-refractivity contribution is 6.36. The normalized spacial score (nSPS) is 10.5. The maximum Gasteiger partial charge on any atom is 0.156 e. The summed E-state index contributed by atoms with van der Waals surface area (Å²) in [5, 5.41) is 14.8. The number of halogens is 2. The van der Waals surface area contributed by atoms with Crippen molar-refractivity contribution >= 4 is 29.0 Å². The standard InChI is InChI=1S/C16H11Cl2N5/c1-9-3-2-4-14(21-9)23-16(20)12(8-19)15(22-23)11-6-5-10(17)7-13(11)18/h2-7H,20H2,1H3. The van der Waals surface area contributed by atoms with Crippen molar-refractivity contribution in [2.45, 2.75) is 6.92 Å². The van der Waals surface area contributed by atoms with Gasteiger partial charge in [-0.1, -0.05) is 29.3 Å². The van der Waals surface area contributed by atoms with Gasteiger partial charge >= 0.3 is 0 Å². The van der Waals surface area contributed by atoms with E-state index in [1.807, 2.05) is 19.1 Å². The van der Waals surface area contributed by atoms with Gasteiger partial charge in [0.05, 0.1) is 5.02 Å². The number of nitrogens with two attached hydrogens (primary N) is 1. The Balaban J connectivity index is 2.24. The minimum absolute atomic E-state index is 0.214. The molecular weight excluding hydrogens is 333 g/mol. The van der Waals surface area contributed by atoms with Crippen molar-refractivity contribution in [2.24, 2.45) is 0 Å². The van der Waals surface area contributed by atoms with Gasteiger partial charge < -0.3 is 5.73 Å². The number of aryl methyl sites for hydroxylation is 1. The molecule has 0 aliphatic rings. The maximum absolute atomic E-state index is 9.45. The van der Waals surface area contributed by atoms with E-state index in [0.717, 1.165) is 5.69 Å². The van der Waals surface area contributed by atoms with E-state index in [-0.39, 0.29) is 11.4 Å². The predicted molar refractivity (Wildman–Crippen MR) is 90.7 cm³/mol. The van der Waals surface area contributed by atoms with Gasteiger partial charge in [0, 0.05) is 16.3 Å². The number of anilines is 1. The van der Waals surface area contributed by atoms with Gasteiger partial charge in [0.2, 0.25) is 0 Å². The number of hydrogen-bond donors (Lipinski definition) is 1. The monoisotopic (exact) mass is 343 g/mol. The molecule has 0 amide bonds. The van der Waals surface area contributed by atoms with Gasteiger partial charge in [-0.15, -0.1) is 0 Å². The molecule has 114 valence electrons. The molecule has 0 saturated carbocycles. The van der Waals surface area contributed by atoms with Gasteiger partial charge in [-0.3, -0.25) is 0 Å². The van der Waals surface area contributed by atoms with Crippen LogP contribution in [0.1, 0.15) is 11.3 Å². The molecule has 23 heavy (non-hydrogen) atoms. The Morgan fingerprint density at radius 2 is 2.00 bits per heavy atom. The van der Waals surface area contributed by atoms with Crippen LogP contribution < -0.4 is 5.73 Å². The molecule has 0 aliphatic heterocycles. The van der Waals surface area contributed by atoms with E-state index in [4.69, 9.17) is 28.9 Å². The fourth-order valence-corrected chi connectivity index (χ4v) is 2.73. The summed E-state index contributed by atoms with van der Waals surface area (Å²) >= 11 is 12.1. The topological polar surface area (TPSA) is 80.5 Å². The molecule has 0 fully saturated rings. The minimum Gasteiger partial charge on any atom is -0.382 e. The number of rotatable bonds is 2. The first-order chi connectivity index (χ1) is 11.0. The Kier molecular flexibility index (Phi) is 3.95. The Hall–Kier alpha value is -2.55. The summed E-state index contributed by atoms with van der Waals surface area (Å²) in [7, 11) is 0. The maximum atomic E-state index is 9.45. The fraction of sp³-hybridized carbons (Fsp3) is 0.0625. The quantitative estimate of drug-likeness (QED) is 0.762. The second-order valence-corrected chi connectivity index (χ2v) is 5.74. The predicted octanol–water partition coefficient (Wildman–Crippen LogP) is 4.00. The third kappa shape index (κ3) is 2.74. The van der Waals surface area contributed by atoms with Crippen molar-refractivity contribution in [3.05, 3.63) is 57.7 Å². The number of hydrogen-bond acceptors (Lipinski definition) is 4. The molecule has 0 radical (unpaired) electrons. The molecule has 2 aromatic heterocycles. The zero-order chi connectivity index (χ0) is 16.6. The van der Waals surface area contributed by atoms with Crippen LogP contribution in [-0.4, -0.2) is 14.8 Å². The molecule has 1 aromatic carbocycles. The lowest BCUT2D eigenvalue weighted by atomic mass is 10.1. The van der Waals surface area contributed by atoms with E-state index in [9.17, 15) is 5.26 Å². The molecule has 0 aliphatic carbocycles. The number of nitriles is 1. The van der Waals surface area contributed by atoms with Crippen molar-refractivity contribution in [1.29, 1.82) is 5.26 Å².